The smallest absolute Gasteiger partial charge is 0.255 e. The van der Waals surface area contributed by atoms with E-state index in [0.29, 0.717) is 16.8 Å². The van der Waals surface area contributed by atoms with Gasteiger partial charge in [0.2, 0.25) is 0 Å². The van der Waals surface area contributed by atoms with Gasteiger partial charge in [0.1, 0.15) is 0 Å². The summed E-state index contributed by atoms with van der Waals surface area (Å²) in [7, 11) is 0. The molecular weight excluding hydrogens is 384 g/mol. The molecule has 31 heavy (non-hydrogen) atoms. The van der Waals surface area contributed by atoms with E-state index in [9.17, 15) is 9.59 Å². The highest BCUT2D eigenvalue weighted by Crippen LogP contribution is 2.21. The van der Waals surface area contributed by atoms with Crippen LogP contribution >= 0.6 is 0 Å². The quantitative estimate of drug-likeness (QED) is 0.501. The summed E-state index contributed by atoms with van der Waals surface area (Å²) in [5, 5.41) is 6.06. The molecule has 0 aliphatic heterocycles. The summed E-state index contributed by atoms with van der Waals surface area (Å²) < 4.78 is 0. The first-order valence-corrected chi connectivity index (χ1v) is 11.1. The molecule has 0 spiro atoms. The van der Waals surface area contributed by atoms with E-state index in [1.54, 1.807) is 24.3 Å². The zero-order valence-electron chi connectivity index (χ0n) is 17.6. The average molecular weight is 413 g/mol. The minimum absolute atomic E-state index is 0.0739. The van der Waals surface area contributed by atoms with Crippen molar-refractivity contribution in [2.24, 2.45) is 0 Å². The van der Waals surface area contributed by atoms with Crippen molar-refractivity contribution >= 4 is 17.5 Å². The maximum absolute atomic E-state index is 12.7. The maximum Gasteiger partial charge on any atom is 0.255 e. The van der Waals surface area contributed by atoms with Crippen molar-refractivity contribution in [2.45, 2.75) is 44.6 Å². The molecule has 0 atom stereocenters. The van der Waals surface area contributed by atoms with Crippen LogP contribution in [0.25, 0.3) is 11.1 Å². The molecule has 3 aromatic carbocycles. The summed E-state index contributed by atoms with van der Waals surface area (Å²) in [4.78, 5) is 25.4. The lowest BCUT2D eigenvalue weighted by molar-refractivity contribution is 0.0932. The summed E-state index contributed by atoms with van der Waals surface area (Å²) in [6.07, 6.45) is 6.93. The second kappa shape index (κ2) is 10.1. The van der Waals surface area contributed by atoms with Gasteiger partial charge in [0.15, 0.2) is 0 Å². The van der Waals surface area contributed by atoms with Crippen LogP contribution in [0.5, 0.6) is 0 Å². The Kier molecular flexibility index (Phi) is 6.78. The minimum Gasteiger partial charge on any atom is -0.349 e. The third-order valence-corrected chi connectivity index (χ3v) is 5.83. The maximum atomic E-state index is 12.7. The highest BCUT2D eigenvalue weighted by Gasteiger charge is 2.16. The van der Waals surface area contributed by atoms with Crippen LogP contribution in [0.15, 0.2) is 78.9 Å². The molecule has 1 fully saturated rings. The number of carbonyl (C=O) groups excluding carboxylic acids is 2. The minimum atomic E-state index is -0.194. The van der Waals surface area contributed by atoms with Gasteiger partial charge in [-0.1, -0.05) is 74.2 Å². The second-order valence-corrected chi connectivity index (χ2v) is 8.14. The van der Waals surface area contributed by atoms with Gasteiger partial charge in [0.25, 0.3) is 11.8 Å². The Morgan fingerprint density at radius 3 is 2.03 bits per heavy atom. The van der Waals surface area contributed by atoms with Crippen molar-refractivity contribution in [2.75, 3.05) is 5.32 Å². The van der Waals surface area contributed by atoms with Crippen LogP contribution in [0, 0.1) is 0 Å². The van der Waals surface area contributed by atoms with E-state index in [1.165, 1.54) is 25.7 Å². The third kappa shape index (κ3) is 5.60. The van der Waals surface area contributed by atoms with Gasteiger partial charge >= 0.3 is 0 Å². The molecular formula is C27H28N2O2. The van der Waals surface area contributed by atoms with Crippen molar-refractivity contribution < 1.29 is 9.59 Å². The molecule has 2 amide bonds. The summed E-state index contributed by atoms with van der Waals surface area (Å²) in [5.74, 6) is -0.267. The van der Waals surface area contributed by atoms with Crippen molar-refractivity contribution in [1.29, 1.82) is 0 Å². The molecule has 3 aromatic rings. The Morgan fingerprint density at radius 1 is 0.645 bits per heavy atom. The van der Waals surface area contributed by atoms with E-state index in [-0.39, 0.29) is 17.9 Å². The number of hydrogen-bond donors (Lipinski definition) is 2. The van der Waals surface area contributed by atoms with Crippen molar-refractivity contribution in [3.8, 4) is 11.1 Å². The average Bonchev–Trinajstić information content (AvgIpc) is 3.08. The molecule has 0 bridgehead atoms. The highest BCUT2D eigenvalue weighted by atomic mass is 16.2. The van der Waals surface area contributed by atoms with Crippen LogP contribution in [0.3, 0.4) is 0 Å². The molecule has 1 aliphatic rings. The molecule has 1 aliphatic carbocycles. The van der Waals surface area contributed by atoms with E-state index in [0.717, 1.165) is 24.0 Å². The fourth-order valence-corrected chi connectivity index (χ4v) is 4.08. The summed E-state index contributed by atoms with van der Waals surface area (Å²) in [6, 6.07) is 25.0. The molecule has 0 aromatic heterocycles. The fourth-order valence-electron chi connectivity index (χ4n) is 4.08. The first-order valence-electron chi connectivity index (χ1n) is 11.1. The number of rotatable bonds is 5. The van der Waals surface area contributed by atoms with E-state index >= 15 is 0 Å². The number of amides is 2. The Bertz CT molecular complexity index is 1020. The largest absolute Gasteiger partial charge is 0.349 e. The van der Waals surface area contributed by atoms with E-state index in [2.05, 4.69) is 10.6 Å². The zero-order chi connectivity index (χ0) is 21.5. The molecule has 0 unspecified atom stereocenters. The molecule has 4 nitrogen and oxygen atoms in total. The Hall–Kier alpha value is -3.40. The monoisotopic (exact) mass is 412 g/mol. The second-order valence-electron chi connectivity index (χ2n) is 8.14. The normalized spacial score (nSPS) is 14.5. The molecule has 4 heteroatoms. The first kappa shape index (κ1) is 20.9. The predicted molar refractivity (Wildman–Crippen MR) is 125 cm³/mol. The van der Waals surface area contributed by atoms with E-state index < -0.39 is 0 Å². The molecule has 1 saturated carbocycles. The summed E-state index contributed by atoms with van der Waals surface area (Å²) in [5.41, 5.74) is 3.94. The Morgan fingerprint density at radius 2 is 1.32 bits per heavy atom. The van der Waals surface area contributed by atoms with Gasteiger partial charge in [0.05, 0.1) is 0 Å². The SMILES string of the molecule is O=C(Nc1cccc(C(=O)NC2CCCCCC2)c1)c1ccc(-c2ccccc2)cc1. The first-order chi connectivity index (χ1) is 15.2. The van der Waals surface area contributed by atoms with Crippen LogP contribution in [-0.2, 0) is 0 Å². The van der Waals surface area contributed by atoms with Crippen molar-refractivity contribution in [1.82, 2.24) is 5.32 Å². The standard InChI is InChI=1S/C27H28N2O2/c30-26(22-17-15-21(16-18-22)20-9-4-3-5-10-20)29-25-14-8-11-23(19-25)27(31)28-24-12-6-1-2-7-13-24/h3-5,8-11,14-19,24H,1-2,6-7,12-13H2,(H,28,31)(H,29,30). The van der Waals surface area contributed by atoms with Gasteiger partial charge in [-0.15, -0.1) is 0 Å². The van der Waals surface area contributed by atoms with Crippen LogP contribution in [0.2, 0.25) is 0 Å². The molecule has 2 N–H and O–H groups in total. The van der Waals surface area contributed by atoms with Gasteiger partial charge < -0.3 is 10.6 Å². The number of hydrogen-bond acceptors (Lipinski definition) is 2. The molecule has 4 rings (SSSR count). The number of carbonyl (C=O) groups is 2. The van der Waals surface area contributed by atoms with E-state index in [4.69, 9.17) is 0 Å². The Labute approximate surface area is 183 Å². The van der Waals surface area contributed by atoms with Crippen LogP contribution < -0.4 is 10.6 Å². The van der Waals surface area contributed by atoms with Gasteiger partial charge in [-0.2, -0.15) is 0 Å². The third-order valence-electron chi connectivity index (χ3n) is 5.83. The van der Waals surface area contributed by atoms with Crippen LogP contribution in [-0.4, -0.2) is 17.9 Å². The molecule has 0 saturated heterocycles. The van der Waals surface area contributed by atoms with Crippen molar-refractivity contribution in [3.63, 3.8) is 0 Å². The summed E-state index contributed by atoms with van der Waals surface area (Å²) in [6.45, 7) is 0. The fraction of sp³-hybridized carbons (Fsp3) is 0.259. The van der Waals surface area contributed by atoms with Gasteiger partial charge in [-0.25, -0.2) is 0 Å². The number of nitrogens with one attached hydrogen (secondary N) is 2. The summed E-state index contributed by atoms with van der Waals surface area (Å²) >= 11 is 0. The lowest BCUT2D eigenvalue weighted by atomic mass is 10.0. The molecule has 158 valence electrons. The highest BCUT2D eigenvalue weighted by molar-refractivity contribution is 6.05. The lowest BCUT2D eigenvalue weighted by Gasteiger charge is -2.16. The van der Waals surface area contributed by atoms with Gasteiger partial charge in [-0.05, 0) is 54.3 Å². The Balaban J connectivity index is 1.40. The lowest BCUT2D eigenvalue weighted by Crippen LogP contribution is -2.34. The van der Waals surface area contributed by atoms with Gasteiger partial charge in [0, 0.05) is 22.9 Å². The van der Waals surface area contributed by atoms with Gasteiger partial charge in [-0.3, -0.25) is 9.59 Å². The number of benzene rings is 3. The van der Waals surface area contributed by atoms with Crippen LogP contribution in [0.1, 0.15) is 59.2 Å². The molecule has 0 heterocycles. The van der Waals surface area contributed by atoms with E-state index in [1.807, 2.05) is 54.6 Å². The topological polar surface area (TPSA) is 58.2 Å². The number of anilines is 1. The predicted octanol–water partition coefficient (Wildman–Crippen LogP) is 6.06. The molecule has 0 radical (unpaired) electrons. The van der Waals surface area contributed by atoms with Crippen molar-refractivity contribution in [3.05, 3.63) is 90.0 Å². The zero-order valence-corrected chi connectivity index (χ0v) is 17.6. The van der Waals surface area contributed by atoms with Crippen LogP contribution in [0.4, 0.5) is 5.69 Å².